The van der Waals surface area contributed by atoms with Crippen LogP contribution >= 0.6 is 11.8 Å². The summed E-state index contributed by atoms with van der Waals surface area (Å²) < 4.78 is 5.14. The van der Waals surface area contributed by atoms with E-state index in [4.69, 9.17) is 4.74 Å². The molecular formula is C22H18N2O5S. The topological polar surface area (TPSA) is 98.5 Å². The molecule has 3 aromatic carbocycles. The maximum Gasteiger partial charge on any atom is 0.269 e. The van der Waals surface area contributed by atoms with Crippen LogP contribution in [0.4, 0.5) is 11.4 Å². The Labute approximate surface area is 177 Å². The third-order valence-corrected chi connectivity index (χ3v) is 5.23. The molecule has 8 heteroatoms. The lowest BCUT2D eigenvalue weighted by Gasteiger charge is -2.07. The number of hydrogen-bond acceptors (Lipinski definition) is 6. The molecule has 0 bridgehead atoms. The Balaban J connectivity index is 1.56. The van der Waals surface area contributed by atoms with Crippen molar-refractivity contribution in [3.05, 3.63) is 94.0 Å². The third-order valence-electron chi connectivity index (χ3n) is 4.21. The lowest BCUT2D eigenvalue weighted by molar-refractivity contribution is -0.384. The van der Waals surface area contributed by atoms with Crippen LogP contribution in [0.5, 0.6) is 5.75 Å². The number of nitro benzene ring substituents is 1. The van der Waals surface area contributed by atoms with Crippen molar-refractivity contribution >= 4 is 34.8 Å². The van der Waals surface area contributed by atoms with E-state index in [9.17, 15) is 19.7 Å². The summed E-state index contributed by atoms with van der Waals surface area (Å²) in [6.45, 7) is 0. The highest BCUT2D eigenvalue weighted by molar-refractivity contribution is 8.00. The molecule has 152 valence electrons. The highest BCUT2D eigenvalue weighted by Gasteiger charge is 2.11. The molecule has 1 amide bonds. The molecule has 0 heterocycles. The number of methoxy groups -OCH3 is 1. The van der Waals surface area contributed by atoms with Gasteiger partial charge in [-0.2, -0.15) is 0 Å². The Morgan fingerprint density at radius 2 is 1.70 bits per heavy atom. The third kappa shape index (κ3) is 5.45. The average molecular weight is 422 g/mol. The number of rotatable bonds is 8. The SMILES string of the molecule is COc1cccc(C(=O)CSc2ccc(NC(=O)c3ccc([N+](=O)[O-])cc3)cc2)c1. The number of ketones is 1. The number of benzene rings is 3. The molecule has 0 unspecified atom stereocenters. The molecular weight excluding hydrogens is 404 g/mol. The number of nitrogens with zero attached hydrogens (tertiary/aromatic N) is 1. The van der Waals surface area contributed by atoms with Crippen molar-refractivity contribution in [3.8, 4) is 5.75 Å². The van der Waals surface area contributed by atoms with E-state index in [1.165, 1.54) is 36.0 Å². The fraction of sp³-hybridized carbons (Fsp3) is 0.0909. The minimum Gasteiger partial charge on any atom is -0.497 e. The van der Waals surface area contributed by atoms with Crippen molar-refractivity contribution in [3.63, 3.8) is 0 Å². The number of nitrogens with one attached hydrogen (secondary N) is 1. The van der Waals surface area contributed by atoms with E-state index < -0.39 is 4.92 Å². The Morgan fingerprint density at radius 3 is 2.33 bits per heavy atom. The lowest BCUT2D eigenvalue weighted by atomic mass is 10.1. The molecule has 0 aliphatic carbocycles. The van der Waals surface area contributed by atoms with Crippen molar-refractivity contribution in [2.75, 3.05) is 18.2 Å². The molecule has 0 spiro atoms. The van der Waals surface area contributed by atoms with Crippen molar-refractivity contribution < 1.29 is 19.2 Å². The molecule has 0 saturated heterocycles. The second-order valence-electron chi connectivity index (χ2n) is 6.23. The van der Waals surface area contributed by atoms with E-state index >= 15 is 0 Å². The zero-order valence-corrected chi connectivity index (χ0v) is 16.8. The van der Waals surface area contributed by atoms with Crippen LogP contribution in [-0.4, -0.2) is 29.5 Å². The van der Waals surface area contributed by atoms with Crippen LogP contribution in [0.25, 0.3) is 0 Å². The largest absolute Gasteiger partial charge is 0.497 e. The second kappa shape index (κ2) is 9.71. The van der Waals surface area contributed by atoms with Crippen LogP contribution in [0.2, 0.25) is 0 Å². The van der Waals surface area contributed by atoms with Gasteiger partial charge in [-0.05, 0) is 48.5 Å². The molecule has 0 aliphatic rings. The minimum atomic E-state index is -0.517. The van der Waals surface area contributed by atoms with Gasteiger partial charge in [0.1, 0.15) is 5.75 Å². The van der Waals surface area contributed by atoms with Crippen LogP contribution in [0.1, 0.15) is 20.7 Å². The van der Waals surface area contributed by atoms with Gasteiger partial charge >= 0.3 is 0 Å². The lowest BCUT2D eigenvalue weighted by Crippen LogP contribution is -2.11. The summed E-state index contributed by atoms with van der Waals surface area (Å²) in [5, 5.41) is 13.4. The summed E-state index contributed by atoms with van der Waals surface area (Å²) in [5.74, 6) is 0.550. The molecule has 0 atom stereocenters. The number of nitro groups is 1. The Hall–Kier alpha value is -3.65. The summed E-state index contributed by atoms with van der Waals surface area (Å²) in [5.41, 5.74) is 1.43. The van der Waals surface area contributed by atoms with E-state index in [2.05, 4.69) is 5.32 Å². The van der Waals surface area contributed by atoms with Gasteiger partial charge < -0.3 is 10.1 Å². The van der Waals surface area contributed by atoms with Gasteiger partial charge in [-0.1, -0.05) is 12.1 Å². The number of hydrogen-bond donors (Lipinski definition) is 1. The first kappa shape index (κ1) is 21.1. The fourth-order valence-corrected chi connectivity index (χ4v) is 3.39. The number of Topliss-reactive ketones (excluding diaryl/α,β-unsaturated/α-hetero) is 1. The Morgan fingerprint density at radius 1 is 1.00 bits per heavy atom. The van der Waals surface area contributed by atoms with Gasteiger partial charge in [-0.15, -0.1) is 11.8 Å². The van der Waals surface area contributed by atoms with Crippen LogP contribution < -0.4 is 10.1 Å². The molecule has 0 fully saturated rings. The summed E-state index contributed by atoms with van der Waals surface area (Å²) in [6.07, 6.45) is 0. The van der Waals surface area contributed by atoms with E-state index in [1.54, 1.807) is 43.5 Å². The van der Waals surface area contributed by atoms with Gasteiger partial charge in [0.05, 0.1) is 17.8 Å². The van der Waals surface area contributed by atoms with Gasteiger partial charge in [-0.3, -0.25) is 19.7 Å². The zero-order valence-electron chi connectivity index (χ0n) is 16.0. The van der Waals surface area contributed by atoms with E-state index in [0.717, 1.165) is 4.90 Å². The molecule has 1 N–H and O–H groups in total. The predicted molar refractivity (Wildman–Crippen MR) is 116 cm³/mol. The maximum absolute atomic E-state index is 12.3. The molecule has 0 aromatic heterocycles. The predicted octanol–water partition coefficient (Wildman–Crippen LogP) is 4.83. The summed E-state index contributed by atoms with van der Waals surface area (Å²) >= 11 is 1.40. The molecule has 0 saturated carbocycles. The van der Waals surface area contributed by atoms with Crippen molar-refractivity contribution in [2.45, 2.75) is 4.90 Å². The summed E-state index contributed by atoms with van der Waals surface area (Å²) in [7, 11) is 1.56. The van der Waals surface area contributed by atoms with Gasteiger partial charge in [0.2, 0.25) is 0 Å². The molecule has 30 heavy (non-hydrogen) atoms. The van der Waals surface area contributed by atoms with Crippen molar-refractivity contribution in [1.29, 1.82) is 0 Å². The number of ether oxygens (including phenoxy) is 1. The highest BCUT2D eigenvalue weighted by Crippen LogP contribution is 2.23. The average Bonchev–Trinajstić information content (AvgIpc) is 2.78. The van der Waals surface area contributed by atoms with Crippen molar-refractivity contribution in [2.24, 2.45) is 0 Å². The number of anilines is 1. The minimum absolute atomic E-state index is 0.00514. The first-order chi connectivity index (χ1) is 14.5. The van der Waals surface area contributed by atoms with Crippen LogP contribution in [0, 0.1) is 10.1 Å². The highest BCUT2D eigenvalue weighted by atomic mass is 32.2. The molecule has 7 nitrogen and oxygen atoms in total. The van der Waals surface area contributed by atoms with E-state index in [0.29, 0.717) is 22.6 Å². The molecule has 0 radical (unpaired) electrons. The zero-order chi connectivity index (χ0) is 21.5. The van der Waals surface area contributed by atoms with Gasteiger partial charge in [0, 0.05) is 33.8 Å². The summed E-state index contributed by atoms with van der Waals surface area (Å²) in [6, 6.07) is 19.5. The van der Waals surface area contributed by atoms with E-state index in [1.807, 2.05) is 12.1 Å². The smallest absolute Gasteiger partial charge is 0.269 e. The molecule has 0 aliphatic heterocycles. The first-order valence-corrected chi connectivity index (χ1v) is 9.91. The first-order valence-electron chi connectivity index (χ1n) is 8.92. The van der Waals surface area contributed by atoms with Gasteiger partial charge in [0.25, 0.3) is 11.6 Å². The van der Waals surface area contributed by atoms with Crippen LogP contribution in [-0.2, 0) is 0 Å². The Kier molecular flexibility index (Phi) is 6.82. The standard InChI is InChI=1S/C22H18N2O5S/c1-29-19-4-2-3-16(13-19)21(25)14-30-20-11-7-17(8-12-20)23-22(26)15-5-9-18(10-6-15)24(27)28/h2-13H,14H2,1H3,(H,23,26). The number of carbonyl (C=O) groups is 2. The monoisotopic (exact) mass is 422 g/mol. The second-order valence-corrected chi connectivity index (χ2v) is 7.28. The van der Waals surface area contributed by atoms with E-state index in [-0.39, 0.29) is 23.1 Å². The van der Waals surface area contributed by atoms with Gasteiger partial charge in [-0.25, -0.2) is 0 Å². The summed E-state index contributed by atoms with van der Waals surface area (Å²) in [4.78, 5) is 35.7. The fourth-order valence-electron chi connectivity index (χ4n) is 2.60. The van der Waals surface area contributed by atoms with Crippen LogP contribution in [0.15, 0.2) is 77.7 Å². The van der Waals surface area contributed by atoms with Crippen LogP contribution in [0.3, 0.4) is 0 Å². The normalized spacial score (nSPS) is 10.3. The maximum atomic E-state index is 12.3. The van der Waals surface area contributed by atoms with Crippen molar-refractivity contribution in [1.82, 2.24) is 0 Å². The number of thioether (sulfide) groups is 1. The quantitative estimate of drug-likeness (QED) is 0.242. The number of non-ortho nitro benzene ring substituents is 1. The Bertz CT molecular complexity index is 1070. The number of carbonyl (C=O) groups excluding carboxylic acids is 2. The molecule has 3 aromatic rings. The number of amides is 1. The van der Waals surface area contributed by atoms with Gasteiger partial charge in [0.15, 0.2) is 5.78 Å². The molecule has 3 rings (SSSR count).